The zero-order valence-corrected chi connectivity index (χ0v) is 12.1. The first-order valence-electron chi connectivity index (χ1n) is 7.21. The van der Waals surface area contributed by atoms with Gasteiger partial charge in [0, 0.05) is 36.4 Å². The number of carbonyl (C=O) groups excluding carboxylic acids is 1. The molecular weight excluding hydrogens is 272 g/mol. The number of carbonyl (C=O) groups is 1. The first-order chi connectivity index (χ1) is 10.0. The van der Waals surface area contributed by atoms with Crippen molar-refractivity contribution in [2.75, 3.05) is 13.2 Å². The maximum absolute atomic E-state index is 12.6. The lowest BCUT2D eigenvalue weighted by atomic mass is 9.98. The lowest BCUT2D eigenvalue weighted by Crippen LogP contribution is -2.44. The molecule has 1 amide bonds. The number of aliphatic hydroxyl groups is 1. The summed E-state index contributed by atoms with van der Waals surface area (Å²) in [6.07, 6.45) is 3.50. The minimum atomic E-state index is -0.445. The van der Waals surface area contributed by atoms with Gasteiger partial charge in [-0.25, -0.2) is 0 Å². The summed E-state index contributed by atoms with van der Waals surface area (Å²) in [5, 5.41) is 19.9. The number of hydrogen-bond donors (Lipinski definition) is 1. The van der Waals surface area contributed by atoms with Gasteiger partial charge in [-0.3, -0.25) is 14.9 Å². The van der Waals surface area contributed by atoms with Gasteiger partial charge in [0.1, 0.15) is 0 Å². The molecule has 0 saturated carbocycles. The molecule has 0 bridgehead atoms. The fraction of sp³-hybridized carbons (Fsp3) is 0.533. The highest BCUT2D eigenvalue weighted by Gasteiger charge is 2.27. The van der Waals surface area contributed by atoms with Crippen LogP contribution in [0.25, 0.3) is 0 Å². The van der Waals surface area contributed by atoms with Crippen LogP contribution in [-0.2, 0) is 0 Å². The number of benzene rings is 1. The highest BCUT2D eigenvalue weighted by molar-refractivity contribution is 5.95. The molecule has 0 aliphatic carbocycles. The second-order valence-electron chi connectivity index (χ2n) is 5.42. The molecule has 0 radical (unpaired) electrons. The molecule has 21 heavy (non-hydrogen) atoms. The van der Waals surface area contributed by atoms with E-state index >= 15 is 0 Å². The summed E-state index contributed by atoms with van der Waals surface area (Å²) in [6, 6.07) is 4.53. The van der Waals surface area contributed by atoms with Crippen LogP contribution in [0.3, 0.4) is 0 Å². The fourth-order valence-electron chi connectivity index (χ4n) is 2.88. The van der Waals surface area contributed by atoms with Crippen molar-refractivity contribution in [3.05, 3.63) is 39.4 Å². The average Bonchev–Trinajstić information content (AvgIpc) is 2.47. The number of likely N-dealkylation sites (tertiary alicyclic amines) is 1. The number of amides is 1. The topological polar surface area (TPSA) is 83.7 Å². The van der Waals surface area contributed by atoms with E-state index in [9.17, 15) is 14.9 Å². The summed E-state index contributed by atoms with van der Waals surface area (Å²) in [6.45, 7) is 2.38. The first-order valence-corrected chi connectivity index (χ1v) is 7.21. The normalized spacial score (nSPS) is 18.6. The SMILES string of the molecule is Cc1cc(C(=O)N2CCCCC2CCO)ccc1[N+](=O)[O-]. The van der Waals surface area contributed by atoms with E-state index in [1.807, 2.05) is 0 Å². The van der Waals surface area contributed by atoms with E-state index in [1.54, 1.807) is 17.9 Å². The summed E-state index contributed by atoms with van der Waals surface area (Å²) in [7, 11) is 0. The number of aliphatic hydroxyl groups excluding tert-OH is 1. The van der Waals surface area contributed by atoms with E-state index in [0.29, 0.717) is 24.1 Å². The molecule has 1 unspecified atom stereocenters. The summed E-state index contributed by atoms with van der Waals surface area (Å²) in [5.74, 6) is -0.105. The molecule has 114 valence electrons. The Morgan fingerprint density at radius 2 is 2.24 bits per heavy atom. The fourth-order valence-corrected chi connectivity index (χ4v) is 2.88. The lowest BCUT2D eigenvalue weighted by Gasteiger charge is -2.35. The van der Waals surface area contributed by atoms with E-state index in [2.05, 4.69) is 0 Å². The Kier molecular flexibility index (Phi) is 4.90. The maximum atomic E-state index is 12.6. The second-order valence-corrected chi connectivity index (χ2v) is 5.42. The predicted octanol–water partition coefficient (Wildman–Crippen LogP) is 2.28. The number of rotatable bonds is 4. The highest BCUT2D eigenvalue weighted by atomic mass is 16.6. The van der Waals surface area contributed by atoms with Crippen LogP contribution in [0.2, 0.25) is 0 Å². The van der Waals surface area contributed by atoms with Crippen molar-refractivity contribution in [3.63, 3.8) is 0 Å². The van der Waals surface area contributed by atoms with Gasteiger partial charge in [0.25, 0.3) is 11.6 Å². The minimum Gasteiger partial charge on any atom is -0.396 e. The second kappa shape index (κ2) is 6.67. The number of nitrogens with zero attached hydrogens (tertiary/aromatic N) is 2. The largest absolute Gasteiger partial charge is 0.396 e. The van der Waals surface area contributed by atoms with E-state index in [-0.39, 0.29) is 24.2 Å². The molecule has 1 aliphatic heterocycles. The van der Waals surface area contributed by atoms with Crippen LogP contribution in [0, 0.1) is 17.0 Å². The summed E-state index contributed by atoms with van der Waals surface area (Å²) >= 11 is 0. The number of aryl methyl sites for hydroxylation is 1. The van der Waals surface area contributed by atoms with Gasteiger partial charge in [-0.1, -0.05) is 0 Å². The van der Waals surface area contributed by atoms with E-state index in [0.717, 1.165) is 19.3 Å². The molecule has 6 heteroatoms. The van der Waals surface area contributed by atoms with Crippen LogP contribution >= 0.6 is 0 Å². The maximum Gasteiger partial charge on any atom is 0.272 e. The molecule has 1 atom stereocenters. The Morgan fingerprint density at radius 3 is 2.86 bits per heavy atom. The Morgan fingerprint density at radius 1 is 1.48 bits per heavy atom. The minimum absolute atomic E-state index is 0.0251. The van der Waals surface area contributed by atoms with Crippen molar-refractivity contribution < 1.29 is 14.8 Å². The van der Waals surface area contributed by atoms with Gasteiger partial charge in [0.2, 0.25) is 0 Å². The molecule has 1 aliphatic rings. The predicted molar refractivity (Wildman–Crippen MR) is 78.2 cm³/mol. The standard InChI is InChI=1S/C15H20N2O4/c1-11-10-12(5-6-14(11)17(20)21)15(19)16-8-3-2-4-13(16)7-9-18/h5-6,10,13,18H,2-4,7-9H2,1H3. The monoisotopic (exact) mass is 292 g/mol. The number of hydrogen-bond acceptors (Lipinski definition) is 4. The van der Waals surface area contributed by atoms with Crippen LogP contribution in [0.1, 0.15) is 41.6 Å². The van der Waals surface area contributed by atoms with Crippen LogP contribution in [0.5, 0.6) is 0 Å². The molecule has 2 rings (SSSR count). The molecular formula is C15H20N2O4. The van der Waals surface area contributed by atoms with E-state index in [4.69, 9.17) is 5.11 Å². The van der Waals surface area contributed by atoms with Gasteiger partial charge in [-0.15, -0.1) is 0 Å². The number of nitro benzene ring substituents is 1. The van der Waals surface area contributed by atoms with Crippen LogP contribution < -0.4 is 0 Å². The van der Waals surface area contributed by atoms with Gasteiger partial charge in [-0.05, 0) is 44.7 Å². The lowest BCUT2D eigenvalue weighted by molar-refractivity contribution is -0.385. The van der Waals surface area contributed by atoms with Crippen molar-refractivity contribution in [1.82, 2.24) is 4.90 Å². The van der Waals surface area contributed by atoms with Crippen molar-refractivity contribution in [1.29, 1.82) is 0 Å². The molecule has 1 aromatic rings. The molecule has 1 saturated heterocycles. The van der Waals surface area contributed by atoms with Crippen molar-refractivity contribution in [2.24, 2.45) is 0 Å². The first kappa shape index (κ1) is 15.4. The van der Waals surface area contributed by atoms with Crippen LogP contribution in [0.15, 0.2) is 18.2 Å². The van der Waals surface area contributed by atoms with E-state index < -0.39 is 4.92 Å². The number of nitro groups is 1. The average molecular weight is 292 g/mol. The summed E-state index contributed by atoms with van der Waals surface area (Å²) in [4.78, 5) is 24.8. The molecule has 1 aromatic carbocycles. The van der Waals surface area contributed by atoms with E-state index in [1.165, 1.54) is 12.1 Å². The Labute approximate surface area is 123 Å². The zero-order valence-electron chi connectivity index (χ0n) is 12.1. The van der Waals surface area contributed by atoms with Crippen LogP contribution in [-0.4, -0.2) is 40.0 Å². The van der Waals surface area contributed by atoms with Crippen molar-refractivity contribution in [3.8, 4) is 0 Å². The third-order valence-electron chi connectivity index (χ3n) is 3.99. The molecule has 1 fully saturated rings. The van der Waals surface area contributed by atoms with Crippen molar-refractivity contribution in [2.45, 2.75) is 38.6 Å². The van der Waals surface area contributed by atoms with Gasteiger partial charge in [-0.2, -0.15) is 0 Å². The third kappa shape index (κ3) is 3.39. The Hall–Kier alpha value is -1.95. The molecule has 0 spiro atoms. The van der Waals surface area contributed by atoms with Gasteiger partial charge in [0.15, 0.2) is 0 Å². The van der Waals surface area contributed by atoms with Crippen LogP contribution in [0.4, 0.5) is 5.69 Å². The smallest absolute Gasteiger partial charge is 0.272 e. The van der Waals surface area contributed by atoms with Gasteiger partial charge < -0.3 is 10.0 Å². The molecule has 0 aromatic heterocycles. The summed E-state index contributed by atoms with van der Waals surface area (Å²) < 4.78 is 0. The quantitative estimate of drug-likeness (QED) is 0.681. The van der Waals surface area contributed by atoms with Gasteiger partial charge in [0.05, 0.1) is 4.92 Å². The van der Waals surface area contributed by atoms with Crippen molar-refractivity contribution >= 4 is 11.6 Å². The zero-order chi connectivity index (χ0) is 15.4. The van der Waals surface area contributed by atoms with Gasteiger partial charge >= 0.3 is 0 Å². The Bertz CT molecular complexity index is 542. The number of piperidine rings is 1. The summed E-state index contributed by atoms with van der Waals surface area (Å²) in [5.41, 5.74) is 0.988. The highest BCUT2D eigenvalue weighted by Crippen LogP contribution is 2.24. The Balaban J connectivity index is 2.22. The molecule has 1 heterocycles. The molecule has 1 N–H and O–H groups in total. The molecule has 6 nitrogen and oxygen atoms in total. The third-order valence-corrected chi connectivity index (χ3v) is 3.99.